The number of carbonyl (C=O) groups is 1. The van der Waals surface area contributed by atoms with E-state index in [-0.39, 0.29) is 17.5 Å². The summed E-state index contributed by atoms with van der Waals surface area (Å²) in [4.78, 5) is 20.5. The molecule has 0 unspecified atom stereocenters. The molecule has 7 nitrogen and oxygen atoms in total. The van der Waals surface area contributed by atoms with Crippen LogP contribution in [0.1, 0.15) is 10.5 Å². The number of nitrogen functional groups attached to an aromatic ring is 1. The Kier molecular flexibility index (Phi) is 4.37. The summed E-state index contributed by atoms with van der Waals surface area (Å²) in [5, 5.41) is 7.51. The number of aromatic nitrogens is 4. The van der Waals surface area contributed by atoms with Crippen LogP contribution in [-0.4, -0.2) is 25.7 Å². The molecule has 0 aliphatic rings. The van der Waals surface area contributed by atoms with E-state index in [1.54, 1.807) is 31.3 Å². The lowest BCUT2D eigenvalue weighted by Crippen LogP contribution is -2.17. The lowest BCUT2D eigenvalue weighted by Gasteiger charge is -2.09. The molecule has 0 radical (unpaired) electrons. The zero-order chi connectivity index (χ0) is 17.3. The van der Waals surface area contributed by atoms with Gasteiger partial charge in [-0.1, -0.05) is 23.2 Å². The number of hydrogen-bond donors (Lipinski definition) is 2. The highest BCUT2D eigenvalue weighted by atomic mass is 35.5. The van der Waals surface area contributed by atoms with Crippen molar-refractivity contribution in [2.45, 2.75) is 0 Å². The van der Waals surface area contributed by atoms with Gasteiger partial charge in [0.05, 0.1) is 11.2 Å². The van der Waals surface area contributed by atoms with Crippen molar-refractivity contribution in [3.8, 4) is 11.3 Å². The van der Waals surface area contributed by atoms with E-state index < -0.39 is 0 Å². The van der Waals surface area contributed by atoms with Crippen LogP contribution in [0.15, 0.2) is 36.7 Å². The Labute approximate surface area is 147 Å². The highest BCUT2D eigenvalue weighted by Gasteiger charge is 2.14. The number of hydrogen-bond acceptors (Lipinski definition) is 5. The van der Waals surface area contributed by atoms with Crippen molar-refractivity contribution < 1.29 is 4.79 Å². The van der Waals surface area contributed by atoms with Crippen molar-refractivity contribution in [2.75, 3.05) is 11.1 Å². The Morgan fingerprint density at radius 1 is 1.29 bits per heavy atom. The van der Waals surface area contributed by atoms with E-state index in [4.69, 9.17) is 28.9 Å². The number of halogens is 2. The van der Waals surface area contributed by atoms with Gasteiger partial charge in [0.2, 0.25) is 0 Å². The first kappa shape index (κ1) is 16.2. The van der Waals surface area contributed by atoms with E-state index in [0.29, 0.717) is 27.0 Å². The molecule has 2 aromatic heterocycles. The summed E-state index contributed by atoms with van der Waals surface area (Å²) in [5.74, 6) is -0.0141. The Bertz CT molecular complexity index is 924. The zero-order valence-electron chi connectivity index (χ0n) is 12.5. The summed E-state index contributed by atoms with van der Waals surface area (Å²) in [7, 11) is 1.67. The number of nitrogens with zero attached hydrogens (tertiary/aromatic N) is 4. The van der Waals surface area contributed by atoms with Crippen LogP contribution in [0.5, 0.6) is 0 Å². The molecule has 0 fully saturated rings. The Morgan fingerprint density at radius 3 is 2.75 bits per heavy atom. The van der Waals surface area contributed by atoms with Crippen LogP contribution in [0.4, 0.5) is 11.6 Å². The lowest BCUT2D eigenvalue weighted by atomic mass is 10.1. The van der Waals surface area contributed by atoms with E-state index in [9.17, 15) is 4.79 Å². The maximum absolute atomic E-state index is 12.1. The summed E-state index contributed by atoms with van der Waals surface area (Å²) in [6, 6.07) is 6.56. The predicted octanol–water partition coefficient (Wildman–Crippen LogP) is 3.02. The smallest absolute Gasteiger partial charge is 0.275 e. The first-order chi connectivity index (χ1) is 11.5. The fraction of sp³-hybridized carbons (Fsp3) is 0.0667. The number of aryl methyl sites for hydroxylation is 1. The SMILES string of the molecule is Cn1nccc1C(=O)Nc1cnc(-c2cc(Cl)ccc2Cl)c(N)n1. The molecule has 0 spiro atoms. The van der Waals surface area contributed by atoms with E-state index in [1.807, 2.05) is 0 Å². The minimum Gasteiger partial charge on any atom is -0.382 e. The third-order valence-electron chi connectivity index (χ3n) is 3.28. The molecule has 0 aliphatic carbocycles. The molecule has 9 heteroatoms. The number of benzene rings is 1. The van der Waals surface area contributed by atoms with E-state index in [2.05, 4.69) is 20.4 Å². The van der Waals surface area contributed by atoms with E-state index in [1.165, 1.54) is 17.1 Å². The van der Waals surface area contributed by atoms with Gasteiger partial charge in [0, 0.05) is 23.8 Å². The van der Waals surface area contributed by atoms with Gasteiger partial charge in [0.25, 0.3) is 5.91 Å². The molecule has 1 amide bonds. The minimum absolute atomic E-state index is 0.127. The second kappa shape index (κ2) is 6.46. The molecule has 0 bridgehead atoms. The molecule has 2 heterocycles. The van der Waals surface area contributed by atoms with Crippen LogP contribution in [0, 0.1) is 0 Å². The number of nitrogens with two attached hydrogens (primary N) is 1. The van der Waals surface area contributed by atoms with Crippen LogP contribution in [0.25, 0.3) is 11.3 Å². The summed E-state index contributed by atoms with van der Waals surface area (Å²) in [5.41, 5.74) is 7.30. The first-order valence-electron chi connectivity index (χ1n) is 6.83. The van der Waals surface area contributed by atoms with E-state index >= 15 is 0 Å². The normalized spacial score (nSPS) is 10.6. The third kappa shape index (κ3) is 3.17. The van der Waals surface area contributed by atoms with Gasteiger partial charge >= 0.3 is 0 Å². The van der Waals surface area contributed by atoms with Crippen molar-refractivity contribution in [1.29, 1.82) is 0 Å². The molecule has 0 saturated carbocycles. The molecule has 24 heavy (non-hydrogen) atoms. The van der Waals surface area contributed by atoms with Crippen molar-refractivity contribution in [3.05, 3.63) is 52.4 Å². The van der Waals surface area contributed by atoms with Crippen molar-refractivity contribution in [1.82, 2.24) is 19.7 Å². The molecule has 0 saturated heterocycles. The third-order valence-corrected chi connectivity index (χ3v) is 3.84. The van der Waals surface area contributed by atoms with Gasteiger partial charge in [-0.05, 0) is 24.3 Å². The van der Waals surface area contributed by atoms with Crippen LogP contribution in [-0.2, 0) is 7.05 Å². The molecule has 0 aliphatic heterocycles. The number of nitrogens with one attached hydrogen (secondary N) is 1. The summed E-state index contributed by atoms with van der Waals surface area (Å²) in [6.45, 7) is 0. The summed E-state index contributed by atoms with van der Waals surface area (Å²) in [6.07, 6.45) is 2.93. The summed E-state index contributed by atoms with van der Waals surface area (Å²) >= 11 is 12.1. The maximum Gasteiger partial charge on any atom is 0.275 e. The topological polar surface area (TPSA) is 98.7 Å². The lowest BCUT2D eigenvalue weighted by molar-refractivity contribution is 0.101. The van der Waals surface area contributed by atoms with Crippen molar-refractivity contribution in [3.63, 3.8) is 0 Å². The second-order valence-corrected chi connectivity index (χ2v) is 5.75. The quantitative estimate of drug-likeness (QED) is 0.745. The van der Waals surface area contributed by atoms with E-state index in [0.717, 1.165) is 0 Å². The second-order valence-electron chi connectivity index (χ2n) is 4.91. The standard InChI is InChI=1S/C15H12Cl2N6O/c1-23-11(4-5-20-23)15(24)22-12-7-19-13(14(18)21-12)9-6-8(16)2-3-10(9)17/h2-7H,1H3,(H3,18,21,22,24). The minimum atomic E-state index is -0.364. The Morgan fingerprint density at radius 2 is 2.08 bits per heavy atom. The fourth-order valence-electron chi connectivity index (χ4n) is 2.13. The molecule has 0 atom stereocenters. The fourth-order valence-corrected chi connectivity index (χ4v) is 2.51. The van der Waals surface area contributed by atoms with Crippen LogP contribution >= 0.6 is 23.2 Å². The predicted molar refractivity (Wildman–Crippen MR) is 93.1 cm³/mol. The van der Waals surface area contributed by atoms with Crippen LogP contribution in [0.3, 0.4) is 0 Å². The first-order valence-corrected chi connectivity index (χ1v) is 7.58. The average molecular weight is 363 g/mol. The monoisotopic (exact) mass is 362 g/mol. The van der Waals surface area contributed by atoms with Crippen LogP contribution in [0.2, 0.25) is 10.0 Å². The number of carbonyl (C=O) groups excluding carboxylic acids is 1. The van der Waals surface area contributed by atoms with Crippen LogP contribution < -0.4 is 11.1 Å². The van der Waals surface area contributed by atoms with Gasteiger partial charge < -0.3 is 11.1 Å². The Balaban J connectivity index is 1.89. The van der Waals surface area contributed by atoms with Gasteiger partial charge in [0.15, 0.2) is 11.6 Å². The highest BCUT2D eigenvalue weighted by molar-refractivity contribution is 6.35. The molecule has 3 aromatic rings. The largest absolute Gasteiger partial charge is 0.382 e. The van der Waals surface area contributed by atoms with Gasteiger partial charge in [-0.2, -0.15) is 5.10 Å². The van der Waals surface area contributed by atoms with Gasteiger partial charge in [0.1, 0.15) is 11.4 Å². The molecular weight excluding hydrogens is 351 g/mol. The number of rotatable bonds is 3. The average Bonchev–Trinajstić information content (AvgIpc) is 2.96. The highest BCUT2D eigenvalue weighted by Crippen LogP contribution is 2.32. The maximum atomic E-state index is 12.1. The number of anilines is 2. The number of amides is 1. The zero-order valence-corrected chi connectivity index (χ0v) is 14.0. The van der Waals surface area contributed by atoms with Gasteiger partial charge in [-0.3, -0.25) is 9.48 Å². The van der Waals surface area contributed by atoms with Gasteiger partial charge in [-0.25, -0.2) is 9.97 Å². The molecule has 1 aromatic carbocycles. The molecule has 3 N–H and O–H groups in total. The molecule has 122 valence electrons. The molecule has 3 rings (SSSR count). The summed E-state index contributed by atoms with van der Waals surface area (Å²) < 4.78 is 1.45. The Hall–Kier alpha value is -2.64. The van der Waals surface area contributed by atoms with Crippen molar-refractivity contribution in [2.24, 2.45) is 7.05 Å². The van der Waals surface area contributed by atoms with Crippen molar-refractivity contribution >= 4 is 40.7 Å². The molecular formula is C15H12Cl2N6O. The van der Waals surface area contributed by atoms with Gasteiger partial charge in [-0.15, -0.1) is 0 Å².